The maximum atomic E-state index is 12.6. The van der Waals surface area contributed by atoms with E-state index in [2.05, 4.69) is 10.5 Å². The first kappa shape index (κ1) is 18.9. The second-order valence-electron chi connectivity index (χ2n) is 7.66. The Balaban J connectivity index is 2.10. The molecule has 8 heteroatoms. The molecule has 2 rings (SSSR count). The Labute approximate surface area is 142 Å². The minimum atomic E-state index is -3.58. The van der Waals surface area contributed by atoms with Crippen LogP contribution in [0.5, 0.6) is 0 Å². The van der Waals surface area contributed by atoms with Crippen LogP contribution in [-0.4, -0.2) is 41.7 Å². The molecule has 2 N–H and O–H groups in total. The number of nitrogens with one attached hydrogen (secondary N) is 1. The molecule has 1 fully saturated rings. The molecule has 1 amide bonds. The number of carbonyl (C=O) groups excluding carboxylic acids is 1. The molecule has 1 aromatic rings. The molecule has 0 aromatic carbocycles. The number of anilines is 1. The van der Waals surface area contributed by atoms with E-state index in [9.17, 15) is 18.3 Å². The highest BCUT2D eigenvalue weighted by Crippen LogP contribution is 2.32. The van der Waals surface area contributed by atoms with Gasteiger partial charge in [-0.15, -0.1) is 0 Å². The molecule has 0 saturated heterocycles. The van der Waals surface area contributed by atoms with Crippen molar-refractivity contribution in [3.63, 3.8) is 0 Å². The summed E-state index contributed by atoms with van der Waals surface area (Å²) in [7, 11) is -3.58. The fourth-order valence-corrected chi connectivity index (χ4v) is 4.02. The zero-order chi connectivity index (χ0) is 18.2. The van der Waals surface area contributed by atoms with Gasteiger partial charge in [0.15, 0.2) is 9.84 Å². The minimum Gasteiger partial charge on any atom is -0.395 e. The third kappa shape index (κ3) is 3.64. The van der Waals surface area contributed by atoms with E-state index in [0.717, 1.165) is 19.3 Å². The molecule has 136 valence electrons. The third-order valence-corrected chi connectivity index (χ3v) is 7.49. The lowest BCUT2D eigenvalue weighted by Gasteiger charge is -2.30. The molecule has 24 heavy (non-hydrogen) atoms. The number of carbonyl (C=O) groups is 1. The maximum Gasteiger partial charge on any atom is 0.247 e. The second-order valence-corrected chi connectivity index (χ2v) is 10.2. The van der Waals surface area contributed by atoms with Crippen LogP contribution in [0.25, 0.3) is 0 Å². The lowest BCUT2D eigenvalue weighted by atomic mass is 9.87. The summed E-state index contributed by atoms with van der Waals surface area (Å²) in [6.07, 6.45) is 2.85. The van der Waals surface area contributed by atoms with Gasteiger partial charge in [-0.3, -0.25) is 10.1 Å². The van der Waals surface area contributed by atoms with Crippen LogP contribution in [0.3, 0.4) is 0 Å². The molecule has 0 bridgehead atoms. The number of aromatic nitrogens is 1. The Morgan fingerprint density at radius 2 is 2.00 bits per heavy atom. The molecule has 7 nitrogen and oxygen atoms in total. The molecule has 1 aromatic heterocycles. The molecule has 0 spiro atoms. The highest BCUT2D eigenvalue weighted by atomic mass is 32.2. The largest absolute Gasteiger partial charge is 0.395 e. The molecular weight excluding hydrogens is 332 g/mol. The van der Waals surface area contributed by atoms with Gasteiger partial charge in [0.1, 0.15) is 4.75 Å². The van der Waals surface area contributed by atoms with Crippen molar-refractivity contribution in [1.29, 1.82) is 0 Å². The van der Waals surface area contributed by atoms with Crippen molar-refractivity contribution in [3.8, 4) is 0 Å². The Kier molecular flexibility index (Phi) is 5.11. The van der Waals surface area contributed by atoms with Crippen molar-refractivity contribution in [2.45, 2.75) is 57.1 Å². The van der Waals surface area contributed by atoms with Crippen LogP contribution >= 0.6 is 0 Å². The van der Waals surface area contributed by atoms with Crippen LogP contribution in [0.4, 0.5) is 5.88 Å². The number of sulfone groups is 1. The van der Waals surface area contributed by atoms with Crippen LogP contribution in [0.2, 0.25) is 0 Å². The molecular formula is C16H26N2O5S. The molecule has 1 heterocycles. The van der Waals surface area contributed by atoms with E-state index in [4.69, 9.17) is 4.52 Å². The average Bonchev–Trinajstić information content (AvgIpc) is 2.92. The van der Waals surface area contributed by atoms with E-state index in [1.807, 2.05) is 0 Å². The molecule has 0 aliphatic heterocycles. The van der Waals surface area contributed by atoms with E-state index in [0.29, 0.717) is 5.69 Å². The molecule has 1 aliphatic rings. The Morgan fingerprint density at radius 1 is 1.38 bits per heavy atom. The Morgan fingerprint density at radius 3 is 2.50 bits per heavy atom. The van der Waals surface area contributed by atoms with E-state index in [1.54, 1.807) is 13.8 Å². The zero-order valence-electron chi connectivity index (χ0n) is 14.6. The van der Waals surface area contributed by atoms with E-state index in [1.165, 1.54) is 19.9 Å². The van der Waals surface area contributed by atoms with Crippen LogP contribution in [0.1, 0.15) is 52.7 Å². The zero-order valence-corrected chi connectivity index (χ0v) is 15.4. The number of nitrogens with zero attached hydrogens (tertiary/aromatic N) is 1. The average molecular weight is 358 g/mol. The smallest absolute Gasteiger partial charge is 0.247 e. The molecule has 0 radical (unpaired) electrons. The van der Waals surface area contributed by atoms with E-state index < -0.39 is 25.9 Å². The molecule has 1 saturated carbocycles. The Hall–Kier alpha value is -1.41. The van der Waals surface area contributed by atoms with Gasteiger partial charge in [0.05, 0.1) is 18.1 Å². The van der Waals surface area contributed by atoms with Gasteiger partial charge < -0.3 is 9.63 Å². The van der Waals surface area contributed by atoms with E-state index >= 15 is 0 Å². The quantitative estimate of drug-likeness (QED) is 0.770. The fourth-order valence-electron chi connectivity index (χ4n) is 2.32. The lowest BCUT2D eigenvalue weighted by molar-refractivity contribution is -0.118. The number of rotatable bonds is 7. The van der Waals surface area contributed by atoms with Gasteiger partial charge in [0.2, 0.25) is 11.8 Å². The molecule has 0 unspecified atom stereocenters. The van der Waals surface area contributed by atoms with Crippen molar-refractivity contribution in [2.24, 2.45) is 5.92 Å². The SMILES string of the molecule is CC(C)(CO)c1cc(NC(=O)C(C)(C)S(=O)(=O)CC2CCC2)on1. The number of amides is 1. The van der Waals surface area contributed by atoms with Crippen molar-refractivity contribution in [2.75, 3.05) is 17.7 Å². The van der Waals surface area contributed by atoms with Crippen molar-refractivity contribution >= 4 is 21.6 Å². The number of hydrogen-bond acceptors (Lipinski definition) is 6. The first-order valence-electron chi connectivity index (χ1n) is 8.11. The standard InChI is InChI=1S/C16H26N2O5S/c1-15(2,10-19)12-8-13(23-18-12)17-14(20)16(3,4)24(21,22)9-11-6-5-7-11/h8,11,19H,5-7,9-10H2,1-4H3,(H,17,20). The summed E-state index contributed by atoms with van der Waals surface area (Å²) in [5, 5.41) is 15.7. The highest BCUT2D eigenvalue weighted by molar-refractivity contribution is 7.93. The Bertz CT molecular complexity index is 702. The summed E-state index contributed by atoms with van der Waals surface area (Å²) < 4.78 is 28.6. The van der Waals surface area contributed by atoms with Crippen LogP contribution < -0.4 is 5.32 Å². The monoisotopic (exact) mass is 358 g/mol. The predicted molar refractivity (Wildman–Crippen MR) is 90.5 cm³/mol. The third-order valence-electron chi connectivity index (χ3n) is 4.84. The summed E-state index contributed by atoms with van der Waals surface area (Å²) in [4.78, 5) is 12.5. The normalized spacial score (nSPS) is 16.7. The summed E-state index contributed by atoms with van der Waals surface area (Å²) >= 11 is 0. The number of aliphatic hydroxyl groups is 1. The summed E-state index contributed by atoms with van der Waals surface area (Å²) in [6, 6.07) is 1.50. The van der Waals surface area contributed by atoms with Gasteiger partial charge in [0, 0.05) is 11.5 Å². The molecule has 1 aliphatic carbocycles. The van der Waals surface area contributed by atoms with Gasteiger partial charge in [-0.05, 0) is 32.6 Å². The minimum absolute atomic E-state index is 0.0343. The number of aliphatic hydroxyl groups excluding tert-OH is 1. The van der Waals surface area contributed by atoms with E-state index in [-0.39, 0.29) is 24.2 Å². The first-order valence-corrected chi connectivity index (χ1v) is 9.76. The highest BCUT2D eigenvalue weighted by Gasteiger charge is 2.43. The van der Waals surface area contributed by atoms with Crippen LogP contribution in [0.15, 0.2) is 10.6 Å². The van der Waals surface area contributed by atoms with Crippen LogP contribution in [0, 0.1) is 5.92 Å². The van der Waals surface area contributed by atoms with Gasteiger partial charge in [-0.25, -0.2) is 8.42 Å². The van der Waals surface area contributed by atoms with Crippen LogP contribution in [-0.2, 0) is 20.0 Å². The first-order chi connectivity index (χ1) is 11.0. The lowest BCUT2D eigenvalue weighted by Crippen LogP contribution is -2.47. The maximum absolute atomic E-state index is 12.6. The second kappa shape index (κ2) is 6.48. The topological polar surface area (TPSA) is 110 Å². The van der Waals surface area contributed by atoms with Crippen molar-refractivity contribution in [3.05, 3.63) is 11.8 Å². The van der Waals surface area contributed by atoms with Gasteiger partial charge >= 0.3 is 0 Å². The fraction of sp³-hybridized carbons (Fsp3) is 0.750. The summed E-state index contributed by atoms with van der Waals surface area (Å²) in [5.74, 6) is -0.383. The molecule has 0 atom stereocenters. The summed E-state index contributed by atoms with van der Waals surface area (Å²) in [6.45, 7) is 6.25. The predicted octanol–water partition coefficient (Wildman–Crippen LogP) is 1.88. The van der Waals surface area contributed by atoms with Gasteiger partial charge in [-0.1, -0.05) is 25.4 Å². The summed E-state index contributed by atoms with van der Waals surface area (Å²) in [5.41, 5.74) is -0.131. The van der Waals surface area contributed by atoms with Gasteiger partial charge in [0.25, 0.3) is 0 Å². The van der Waals surface area contributed by atoms with Crippen molar-refractivity contribution < 1.29 is 22.8 Å². The van der Waals surface area contributed by atoms with Crippen molar-refractivity contribution in [1.82, 2.24) is 5.16 Å². The van der Waals surface area contributed by atoms with Gasteiger partial charge in [-0.2, -0.15) is 0 Å². The number of hydrogen-bond donors (Lipinski definition) is 2.